The fourth-order valence-electron chi connectivity index (χ4n) is 3.92. The van der Waals surface area contributed by atoms with Crippen LogP contribution in [0.2, 0.25) is 0 Å². The van der Waals surface area contributed by atoms with Gasteiger partial charge in [0.1, 0.15) is 17.2 Å². The number of aryl methyl sites for hydroxylation is 2. The van der Waals surface area contributed by atoms with Gasteiger partial charge in [0.25, 0.3) is 0 Å². The zero-order chi connectivity index (χ0) is 21.1. The van der Waals surface area contributed by atoms with Crippen molar-refractivity contribution in [2.75, 3.05) is 0 Å². The molecule has 0 saturated heterocycles. The van der Waals surface area contributed by atoms with Gasteiger partial charge in [-0.05, 0) is 32.0 Å². The number of aromatic amines is 2. The van der Waals surface area contributed by atoms with Crippen molar-refractivity contribution >= 4 is 21.9 Å². The van der Waals surface area contributed by atoms with Crippen molar-refractivity contribution < 1.29 is 0 Å². The van der Waals surface area contributed by atoms with Gasteiger partial charge >= 0.3 is 0 Å². The minimum atomic E-state index is 0.798. The number of aromatic nitrogens is 9. The number of imidazole rings is 2. The molecule has 6 aromatic rings. The number of nitrogens with one attached hydrogen (secondary N) is 2. The van der Waals surface area contributed by atoms with E-state index < -0.39 is 0 Å². The lowest BCUT2D eigenvalue weighted by Gasteiger charge is -2.03. The van der Waals surface area contributed by atoms with Gasteiger partial charge in [0.2, 0.25) is 0 Å². The fraction of sp³-hybridized carbons (Fsp3) is 0.136. The predicted molar refractivity (Wildman–Crippen MR) is 118 cm³/mol. The van der Waals surface area contributed by atoms with E-state index in [4.69, 9.17) is 0 Å². The van der Waals surface area contributed by atoms with Crippen LogP contribution < -0.4 is 0 Å². The molecule has 0 aromatic carbocycles. The third kappa shape index (κ3) is 2.67. The molecule has 6 rings (SSSR count). The average Bonchev–Trinajstić information content (AvgIpc) is 3.54. The Labute approximate surface area is 176 Å². The Morgan fingerprint density at radius 1 is 0.968 bits per heavy atom. The molecule has 6 heterocycles. The van der Waals surface area contributed by atoms with Gasteiger partial charge in [-0.2, -0.15) is 5.10 Å². The first-order chi connectivity index (χ1) is 15.1. The number of nitrogens with zero attached hydrogens (tertiary/aromatic N) is 7. The maximum Gasteiger partial charge on any atom is 0.139 e. The van der Waals surface area contributed by atoms with Crippen LogP contribution in [0.3, 0.4) is 0 Å². The molecular weight excluding hydrogens is 390 g/mol. The molecule has 9 heteroatoms. The van der Waals surface area contributed by atoms with Crippen LogP contribution in [0.15, 0.2) is 49.3 Å². The summed E-state index contributed by atoms with van der Waals surface area (Å²) in [5.74, 6) is 0.938. The molecule has 9 nitrogen and oxygen atoms in total. The van der Waals surface area contributed by atoms with Crippen LogP contribution in [0, 0.1) is 13.8 Å². The molecule has 0 radical (unpaired) electrons. The van der Waals surface area contributed by atoms with Gasteiger partial charge in [-0.1, -0.05) is 0 Å². The van der Waals surface area contributed by atoms with Gasteiger partial charge < -0.3 is 14.1 Å². The highest BCUT2D eigenvalue weighted by Gasteiger charge is 2.16. The SMILES string of the molecule is Cc1cn(-c2ccnc3[nH]c(-c4n[nH]c5cnc(-c6cnc(C)n6C)cc45)cc23)cn1. The highest BCUT2D eigenvalue weighted by molar-refractivity contribution is 5.97. The van der Waals surface area contributed by atoms with Crippen LogP contribution >= 0.6 is 0 Å². The third-order valence-corrected chi connectivity index (χ3v) is 5.68. The van der Waals surface area contributed by atoms with E-state index in [1.54, 1.807) is 6.20 Å². The van der Waals surface area contributed by atoms with Crippen LogP contribution in [-0.2, 0) is 7.05 Å². The Morgan fingerprint density at radius 3 is 2.65 bits per heavy atom. The molecule has 0 fully saturated rings. The second-order valence-corrected chi connectivity index (χ2v) is 7.63. The zero-order valence-electron chi connectivity index (χ0n) is 17.2. The molecule has 0 bridgehead atoms. The van der Waals surface area contributed by atoms with E-state index in [1.807, 2.05) is 67.1 Å². The lowest BCUT2D eigenvalue weighted by molar-refractivity contribution is 0.862. The molecule has 6 aromatic heterocycles. The highest BCUT2D eigenvalue weighted by atomic mass is 15.1. The summed E-state index contributed by atoms with van der Waals surface area (Å²) >= 11 is 0. The monoisotopic (exact) mass is 409 g/mol. The van der Waals surface area contributed by atoms with Gasteiger partial charge in [0, 0.05) is 30.2 Å². The zero-order valence-corrected chi connectivity index (χ0v) is 17.2. The molecule has 152 valence electrons. The van der Waals surface area contributed by atoms with Crippen LogP contribution in [0.4, 0.5) is 0 Å². The summed E-state index contributed by atoms with van der Waals surface area (Å²) in [5, 5.41) is 9.64. The number of pyridine rings is 2. The summed E-state index contributed by atoms with van der Waals surface area (Å²) in [5.41, 5.74) is 7.16. The van der Waals surface area contributed by atoms with Crippen molar-refractivity contribution in [2.45, 2.75) is 13.8 Å². The van der Waals surface area contributed by atoms with Crippen molar-refractivity contribution in [3.63, 3.8) is 0 Å². The van der Waals surface area contributed by atoms with E-state index in [9.17, 15) is 0 Å². The molecule has 2 N–H and O–H groups in total. The first-order valence-electron chi connectivity index (χ1n) is 9.90. The molecule has 31 heavy (non-hydrogen) atoms. The highest BCUT2D eigenvalue weighted by Crippen LogP contribution is 2.32. The van der Waals surface area contributed by atoms with E-state index >= 15 is 0 Å². The summed E-state index contributed by atoms with van der Waals surface area (Å²) in [6.07, 6.45) is 9.26. The van der Waals surface area contributed by atoms with Crippen LogP contribution in [0.5, 0.6) is 0 Å². The second kappa shape index (κ2) is 6.36. The van der Waals surface area contributed by atoms with Gasteiger partial charge in [-0.3, -0.25) is 10.1 Å². The maximum absolute atomic E-state index is 4.59. The Kier molecular flexibility index (Phi) is 3.61. The van der Waals surface area contributed by atoms with Crippen molar-refractivity contribution in [2.24, 2.45) is 7.05 Å². The Balaban J connectivity index is 1.52. The molecule has 0 unspecified atom stereocenters. The first kappa shape index (κ1) is 17.6. The normalized spacial score (nSPS) is 11.7. The van der Waals surface area contributed by atoms with Gasteiger partial charge in [-0.25, -0.2) is 15.0 Å². The molecular formula is C22H19N9. The Bertz CT molecular complexity index is 1580. The van der Waals surface area contributed by atoms with Crippen molar-refractivity contribution in [1.82, 2.24) is 44.3 Å². The molecule has 0 amide bonds. The molecule has 0 aliphatic rings. The minimum absolute atomic E-state index is 0.798. The lowest BCUT2D eigenvalue weighted by Crippen LogP contribution is -1.95. The summed E-state index contributed by atoms with van der Waals surface area (Å²) < 4.78 is 4.03. The maximum atomic E-state index is 4.59. The summed E-state index contributed by atoms with van der Waals surface area (Å²) in [7, 11) is 1.99. The third-order valence-electron chi connectivity index (χ3n) is 5.68. The van der Waals surface area contributed by atoms with Gasteiger partial charge in [-0.15, -0.1) is 0 Å². The van der Waals surface area contributed by atoms with E-state index in [0.29, 0.717) is 0 Å². The Morgan fingerprint density at radius 2 is 1.87 bits per heavy atom. The number of hydrogen-bond acceptors (Lipinski definition) is 5. The minimum Gasteiger partial charge on any atom is -0.338 e. The van der Waals surface area contributed by atoms with Crippen molar-refractivity contribution in [3.05, 3.63) is 60.8 Å². The standard InChI is InChI=1S/C22H19N9/c1-12-10-31(11-26-12)19-4-5-23-22-15(19)7-17(27-22)21-14-6-16(25-8-18(14)28-29-21)20-9-24-13(2)30(20)3/h4-11H,1-3H3,(H,23,27)(H,28,29). The fourth-order valence-corrected chi connectivity index (χ4v) is 3.92. The first-order valence-corrected chi connectivity index (χ1v) is 9.90. The van der Waals surface area contributed by atoms with Crippen LogP contribution in [0.25, 0.3) is 50.4 Å². The number of H-pyrrole nitrogens is 2. The lowest BCUT2D eigenvalue weighted by atomic mass is 10.1. The van der Waals surface area contributed by atoms with Gasteiger partial charge in [0.15, 0.2) is 0 Å². The van der Waals surface area contributed by atoms with E-state index in [0.717, 1.165) is 61.9 Å². The number of fused-ring (bicyclic) bond motifs is 2. The number of rotatable bonds is 3. The van der Waals surface area contributed by atoms with Crippen LogP contribution in [-0.4, -0.2) is 44.3 Å². The summed E-state index contributed by atoms with van der Waals surface area (Å²) in [6.45, 7) is 3.95. The van der Waals surface area contributed by atoms with Crippen molar-refractivity contribution in [3.8, 4) is 28.5 Å². The molecule has 0 saturated carbocycles. The molecule has 0 aliphatic carbocycles. The summed E-state index contributed by atoms with van der Waals surface area (Å²) in [4.78, 5) is 21.3. The average molecular weight is 409 g/mol. The smallest absolute Gasteiger partial charge is 0.139 e. The van der Waals surface area contributed by atoms with E-state index in [1.165, 1.54) is 0 Å². The molecule has 0 aliphatic heterocycles. The number of hydrogen-bond donors (Lipinski definition) is 2. The largest absolute Gasteiger partial charge is 0.338 e. The van der Waals surface area contributed by atoms with Crippen molar-refractivity contribution in [1.29, 1.82) is 0 Å². The second-order valence-electron chi connectivity index (χ2n) is 7.63. The molecule has 0 atom stereocenters. The molecule has 0 spiro atoms. The predicted octanol–water partition coefficient (Wildman–Crippen LogP) is 3.70. The topological polar surface area (TPSA) is 106 Å². The summed E-state index contributed by atoms with van der Waals surface area (Å²) in [6, 6.07) is 6.11. The van der Waals surface area contributed by atoms with Crippen LogP contribution in [0.1, 0.15) is 11.5 Å². The van der Waals surface area contributed by atoms with E-state index in [2.05, 4.69) is 41.2 Å². The Hall–Kier alpha value is -4.27. The quantitative estimate of drug-likeness (QED) is 0.464. The van der Waals surface area contributed by atoms with Gasteiger partial charge in [0.05, 0.1) is 52.7 Å². The van der Waals surface area contributed by atoms with E-state index in [-0.39, 0.29) is 0 Å².